The maximum absolute atomic E-state index is 8.64. The summed E-state index contributed by atoms with van der Waals surface area (Å²) in [5.74, 6) is 0.0207. The molecule has 4 nitrogen and oxygen atoms in total. The molecule has 0 atom stereocenters. The Morgan fingerprint density at radius 3 is 2.57 bits per heavy atom. The number of anilines is 1. The van der Waals surface area contributed by atoms with Gasteiger partial charge in [-0.3, -0.25) is 0 Å². The molecule has 0 saturated carbocycles. The van der Waals surface area contributed by atoms with Crippen molar-refractivity contribution in [1.82, 2.24) is 0 Å². The monoisotopic (exact) mass is 387 g/mol. The Kier molecular flexibility index (Phi) is 5.33. The highest BCUT2D eigenvalue weighted by Gasteiger charge is 2.06. The summed E-state index contributed by atoms with van der Waals surface area (Å²) >= 11 is 15.7. The summed E-state index contributed by atoms with van der Waals surface area (Å²) in [6.07, 6.45) is 0. The predicted octanol–water partition coefficient (Wildman–Crippen LogP) is 4.46. The zero-order valence-corrected chi connectivity index (χ0v) is 13.9. The first-order valence-electron chi connectivity index (χ1n) is 5.96. The zero-order valence-electron chi connectivity index (χ0n) is 10.8. The maximum Gasteiger partial charge on any atom is 0.170 e. The number of hydrogen-bond acceptors (Lipinski definition) is 3. The first-order chi connectivity index (χ1) is 10.0. The number of halogens is 3. The van der Waals surface area contributed by atoms with Crippen LogP contribution in [0.1, 0.15) is 11.1 Å². The van der Waals surface area contributed by atoms with Gasteiger partial charge in [-0.25, -0.2) is 0 Å². The Bertz CT molecular complexity index is 692. The minimum Gasteiger partial charge on any atom is -0.409 e. The number of nitrogens with zero attached hydrogens (tertiary/aromatic N) is 1. The van der Waals surface area contributed by atoms with Gasteiger partial charge < -0.3 is 16.3 Å². The van der Waals surface area contributed by atoms with Gasteiger partial charge in [0.05, 0.1) is 10.7 Å². The Labute approximate surface area is 140 Å². The van der Waals surface area contributed by atoms with Crippen molar-refractivity contribution >= 4 is 50.7 Å². The zero-order chi connectivity index (χ0) is 15.4. The quantitative estimate of drug-likeness (QED) is 0.313. The molecule has 0 amide bonds. The number of benzene rings is 2. The molecular weight excluding hydrogens is 377 g/mol. The van der Waals surface area contributed by atoms with Gasteiger partial charge in [-0.15, -0.1) is 0 Å². The molecule has 0 spiro atoms. The molecule has 0 unspecified atom stereocenters. The summed E-state index contributed by atoms with van der Waals surface area (Å²) in [7, 11) is 0. The second kappa shape index (κ2) is 7.02. The van der Waals surface area contributed by atoms with E-state index in [2.05, 4.69) is 26.4 Å². The van der Waals surface area contributed by atoms with Crippen molar-refractivity contribution in [3.05, 3.63) is 62.0 Å². The Balaban J connectivity index is 2.13. The fourth-order valence-electron chi connectivity index (χ4n) is 1.73. The van der Waals surface area contributed by atoms with Gasteiger partial charge >= 0.3 is 0 Å². The molecule has 4 N–H and O–H groups in total. The van der Waals surface area contributed by atoms with Crippen molar-refractivity contribution in [3.63, 3.8) is 0 Å². The molecule has 2 aromatic carbocycles. The van der Waals surface area contributed by atoms with Gasteiger partial charge in [0.1, 0.15) is 0 Å². The fraction of sp³-hybridized carbons (Fsp3) is 0.0714. The lowest BCUT2D eigenvalue weighted by Gasteiger charge is -2.11. The van der Waals surface area contributed by atoms with Crippen LogP contribution in [0.3, 0.4) is 0 Å². The highest BCUT2D eigenvalue weighted by atomic mass is 79.9. The van der Waals surface area contributed by atoms with Crippen molar-refractivity contribution in [2.75, 3.05) is 5.32 Å². The van der Waals surface area contributed by atoms with Crippen LogP contribution in [0.2, 0.25) is 10.0 Å². The van der Waals surface area contributed by atoms with E-state index in [1.807, 2.05) is 24.3 Å². The van der Waals surface area contributed by atoms with E-state index in [4.69, 9.17) is 34.1 Å². The molecule has 2 rings (SSSR count). The SMILES string of the molecule is N/C(=N/O)c1ccc(CNc2ccc(Br)cc2Cl)c(Cl)c1. The van der Waals surface area contributed by atoms with E-state index < -0.39 is 0 Å². The van der Waals surface area contributed by atoms with Crippen LogP contribution < -0.4 is 11.1 Å². The van der Waals surface area contributed by atoms with Crippen LogP contribution >= 0.6 is 39.1 Å². The molecule has 0 fully saturated rings. The van der Waals surface area contributed by atoms with E-state index in [1.165, 1.54) is 0 Å². The van der Waals surface area contributed by atoms with Crippen molar-refractivity contribution in [1.29, 1.82) is 0 Å². The number of nitrogens with one attached hydrogen (secondary N) is 1. The van der Waals surface area contributed by atoms with E-state index in [0.717, 1.165) is 15.7 Å². The number of hydrogen-bond donors (Lipinski definition) is 3. The molecule has 110 valence electrons. The predicted molar refractivity (Wildman–Crippen MR) is 90.4 cm³/mol. The van der Waals surface area contributed by atoms with Crippen molar-refractivity contribution in [3.8, 4) is 0 Å². The molecule has 0 bridgehead atoms. The second-order valence-electron chi connectivity index (χ2n) is 4.27. The van der Waals surface area contributed by atoms with Gasteiger partial charge in [-0.05, 0) is 29.8 Å². The fourth-order valence-corrected chi connectivity index (χ4v) is 2.72. The van der Waals surface area contributed by atoms with Crippen LogP contribution in [0.4, 0.5) is 5.69 Å². The molecule has 21 heavy (non-hydrogen) atoms. The van der Waals surface area contributed by atoms with Crippen LogP contribution in [-0.2, 0) is 6.54 Å². The molecule has 0 aromatic heterocycles. The third-order valence-electron chi connectivity index (χ3n) is 2.86. The third kappa shape index (κ3) is 4.03. The highest BCUT2D eigenvalue weighted by Crippen LogP contribution is 2.27. The van der Waals surface area contributed by atoms with E-state index >= 15 is 0 Å². The lowest BCUT2D eigenvalue weighted by molar-refractivity contribution is 0.318. The minimum atomic E-state index is 0.0207. The molecule has 0 radical (unpaired) electrons. The minimum absolute atomic E-state index is 0.0207. The number of oxime groups is 1. The average Bonchev–Trinajstić information content (AvgIpc) is 2.46. The van der Waals surface area contributed by atoms with Crippen molar-refractivity contribution in [2.45, 2.75) is 6.54 Å². The molecule has 0 aliphatic heterocycles. The maximum atomic E-state index is 8.64. The van der Waals surface area contributed by atoms with Crippen LogP contribution in [0.15, 0.2) is 46.0 Å². The first-order valence-corrected chi connectivity index (χ1v) is 7.51. The van der Waals surface area contributed by atoms with Crippen molar-refractivity contribution in [2.24, 2.45) is 10.9 Å². The smallest absolute Gasteiger partial charge is 0.170 e. The van der Waals surface area contributed by atoms with Gasteiger partial charge in [0.25, 0.3) is 0 Å². The molecule has 0 saturated heterocycles. The largest absolute Gasteiger partial charge is 0.409 e. The Morgan fingerprint density at radius 1 is 1.19 bits per heavy atom. The van der Waals surface area contributed by atoms with E-state index in [9.17, 15) is 0 Å². The van der Waals surface area contributed by atoms with Crippen LogP contribution in [0.25, 0.3) is 0 Å². The Hall–Kier alpha value is -1.43. The van der Waals surface area contributed by atoms with Crippen molar-refractivity contribution < 1.29 is 5.21 Å². The highest BCUT2D eigenvalue weighted by molar-refractivity contribution is 9.10. The van der Waals surface area contributed by atoms with Gasteiger partial charge in [0.15, 0.2) is 5.84 Å². The normalized spacial score (nSPS) is 11.5. The summed E-state index contributed by atoms with van der Waals surface area (Å²) in [5, 5.41) is 15.9. The Morgan fingerprint density at radius 2 is 1.95 bits per heavy atom. The third-order valence-corrected chi connectivity index (χ3v) is 4.01. The van der Waals surface area contributed by atoms with E-state index in [-0.39, 0.29) is 5.84 Å². The summed E-state index contributed by atoms with van der Waals surface area (Å²) in [5.41, 5.74) is 7.77. The van der Waals surface area contributed by atoms with Crippen LogP contribution in [-0.4, -0.2) is 11.0 Å². The number of rotatable bonds is 4. The van der Waals surface area contributed by atoms with Gasteiger partial charge in [-0.2, -0.15) is 0 Å². The first kappa shape index (κ1) is 15.9. The molecule has 2 aromatic rings. The van der Waals surface area contributed by atoms with Gasteiger partial charge in [-0.1, -0.05) is 56.4 Å². The van der Waals surface area contributed by atoms with Crippen LogP contribution in [0.5, 0.6) is 0 Å². The van der Waals surface area contributed by atoms with Gasteiger partial charge in [0, 0.05) is 21.6 Å². The molecule has 0 aliphatic rings. The molecule has 0 aliphatic carbocycles. The number of nitrogens with two attached hydrogens (primary N) is 1. The lowest BCUT2D eigenvalue weighted by Crippen LogP contribution is -2.13. The second-order valence-corrected chi connectivity index (χ2v) is 6.00. The molecular formula is C14H12BrCl2N3O. The summed E-state index contributed by atoms with van der Waals surface area (Å²) < 4.78 is 0.916. The van der Waals surface area contributed by atoms with E-state index in [0.29, 0.717) is 22.2 Å². The molecule has 7 heteroatoms. The van der Waals surface area contributed by atoms with E-state index in [1.54, 1.807) is 12.1 Å². The van der Waals surface area contributed by atoms with Crippen LogP contribution in [0, 0.1) is 0 Å². The lowest BCUT2D eigenvalue weighted by atomic mass is 10.1. The average molecular weight is 389 g/mol. The van der Waals surface area contributed by atoms with Gasteiger partial charge in [0.2, 0.25) is 0 Å². The topological polar surface area (TPSA) is 70.6 Å². The summed E-state index contributed by atoms with van der Waals surface area (Å²) in [4.78, 5) is 0. The molecule has 0 heterocycles. The number of amidine groups is 1. The summed E-state index contributed by atoms with van der Waals surface area (Å²) in [6, 6.07) is 10.8. The summed E-state index contributed by atoms with van der Waals surface area (Å²) in [6.45, 7) is 0.511. The standard InChI is InChI=1S/C14H12BrCl2N3O/c15-10-3-4-13(12(17)6-10)19-7-9-2-1-8(5-11(9)16)14(18)20-21/h1-6,19,21H,7H2,(H2,18,20).